The molecule has 6 nitrogen and oxygen atoms in total. The molecule has 0 unspecified atom stereocenters. The van der Waals surface area contributed by atoms with Gasteiger partial charge in [0.2, 0.25) is 5.78 Å². The predicted molar refractivity (Wildman–Crippen MR) is 96.8 cm³/mol. The van der Waals surface area contributed by atoms with Crippen LogP contribution in [0.15, 0.2) is 53.9 Å². The monoisotopic (exact) mass is 353 g/mol. The number of benzene rings is 2. The summed E-state index contributed by atoms with van der Waals surface area (Å²) in [6, 6.07) is 12.7. The number of para-hydroxylation sites is 1. The Hall–Kier alpha value is -3.28. The molecular weight excluding hydrogens is 334 g/mol. The van der Waals surface area contributed by atoms with Crippen LogP contribution in [0.1, 0.15) is 27.6 Å². The van der Waals surface area contributed by atoms with Gasteiger partial charge in [0.05, 0.1) is 25.3 Å². The number of rotatable bonds is 6. The second-order valence-corrected chi connectivity index (χ2v) is 5.65. The summed E-state index contributed by atoms with van der Waals surface area (Å²) in [5, 5.41) is 0. The zero-order valence-electron chi connectivity index (χ0n) is 14.8. The van der Waals surface area contributed by atoms with E-state index in [-0.39, 0.29) is 29.4 Å². The first-order chi connectivity index (χ1) is 12.6. The molecule has 0 saturated carbocycles. The Balaban J connectivity index is 2.08. The highest BCUT2D eigenvalue weighted by Crippen LogP contribution is 2.35. The number of aldehydes is 1. The van der Waals surface area contributed by atoms with Crippen LogP contribution in [0.2, 0.25) is 0 Å². The van der Waals surface area contributed by atoms with Crippen molar-refractivity contribution in [1.82, 2.24) is 0 Å². The van der Waals surface area contributed by atoms with Gasteiger partial charge in [-0.15, -0.1) is 0 Å². The van der Waals surface area contributed by atoms with Gasteiger partial charge in [0.25, 0.3) is 0 Å². The molecule has 0 aromatic heterocycles. The number of Topliss-reactive ketones (excluding diaryl/α,β-unsaturated/α-hetero) is 1. The lowest BCUT2D eigenvalue weighted by molar-refractivity contribution is 0.102. The molecule has 0 bridgehead atoms. The molecule has 1 heterocycles. The number of methoxy groups -OCH3 is 2. The van der Waals surface area contributed by atoms with Crippen molar-refractivity contribution in [1.29, 1.82) is 0 Å². The molecule has 3 rings (SSSR count). The van der Waals surface area contributed by atoms with Crippen molar-refractivity contribution in [2.24, 2.45) is 0 Å². The molecule has 0 spiro atoms. The van der Waals surface area contributed by atoms with E-state index in [2.05, 4.69) is 0 Å². The number of carbonyl (C=O) groups is 2. The Morgan fingerprint density at radius 2 is 1.85 bits per heavy atom. The maximum atomic E-state index is 13.3. The molecule has 0 saturated heterocycles. The highest BCUT2D eigenvalue weighted by Gasteiger charge is 2.32. The van der Waals surface area contributed by atoms with Crippen molar-refractivity contribution in [2.45, 2.75) is 6.92 Å². The van der Waals surface area contributed by atoms with Gasteiger partial charge in [-0.1, -0.05) is 18.2 Å². The summed E-state index contributed by atoms with van der Waals surface area (Å²) in [5.74, 6) is 0.766. The van der Waals surface area contributed by atoms with E-state index in [9.17, 15) is 9.59 Å². The molecule has 0 radical (unpaired) electrons. The van der Waals surface area contributed by atoms with Crippen LogP contribution in [0.4, 0.5) is 5.69 Å². The minimum Gasteiger partial charge on any atom is -0.496 e. The molecule has 6 heteroatoms. The summed E-state index contributed by atoms with van der Waals surface area (Å²) in [5.41, 5.74) is 1.73. The highest BCUT2D eigenvalue weighted by atomic mass is 16.5. The van der Waals surface area contributed by atoms with Crippen LogP contribution in [-0.4, -0.2) is 33.0 Å². The fourth-order valence-corrected chi connectivity index (χ4v) is 2.98. The number of ketones is 1. The molecule has 0 aliphatic carbocycles. The van der Waals surface area contributed by atoms with Gasteiger partial charge in [0, 0.05) is 5.69 Å². The first-order valence-electron chi connectivity index (χ1n) is 8.03. The first-order valence-corrected chi connectivity index (χ1v) is 8.03. The van der Waals surface area contributed by atoms with Crippen molar-refractivity contribution in [3.05, 3.63) is 65.0 Å². The van der Waals surface area contributed by atoms with E-state index in [4.69, 9.17) is 14.2 Å². The van der Waals surface area contributed by atoms with E-state index < -0.39 is 0 Å². The largest absolute Gasteiger partial charge is 0.496 e. The molecule has 0 fully saturated rings. The first kappa shape index (κ1) is 17.5. The Bertz CT molecular complexity index is 873. The Morgan fingerprint density at radius 3 is 2.46 bits per heavy atom. The normalized spacial score (nSPS) is 13.4. The average molecular weight is 353 g/mol. The summed E-state index contributed by atoms with van der Waals surface area (Å²) in [7, 11) is 2.87. The fourth-order valence-electron chi connectivity index (χ4n) is 2.98. The second kappa shape index (κ2) is 7.31. The third kappa shape index (κ3) is 2.90. The van der Waals surface area contributed by atoms with Crippen LogP contribution in [-0.2, 0) is 4.74 Å². The fraction of sp³-hybridized carbons (Fsp3) is 0.200. The Labute approximate surface area is 151 Å². The maximum Gasteiger partial charge on any atom is 0.216 e. The smallest absolute Gasteiger partial charge is 0.216 e. The molecular formula is C20H19NO5. The number of hydrogen-bond acceptors (Lipinski definition) is 6. The standard InChI is InChI=1S/C20H19NO5/c1-13-18(21(12-26-13)14-7-5-4-6-8-14)19(23)15-9-10-17(24-2)16(11-22)20(15)25-3/h4-11H,12H2,1-3H3. The van der Waals surface area contributed by atoms with Gasteiger partial charge in [0.1, 0.15) is 23.0 Å². The summed E-state index contributed by atoms with van der Waals surface area (Å²) in [6.07, 6.45) is 0.621. The van der Waals surface area contributed by atoms with E-state index in [0.29, 0.717) is 23.5 Å². The van der Waals surface area contributed by atoms with Crippen LogP contribution < -0.4 is 14.4 Å². The zero-order chi connectivity index (χ0) is 18.7. The van der Waals surface area contributed by atoms with Gasteiger partial charge < -0.3 is 19.1 Å². The molecule has 2 aromatic rings. The summed E-state index contributed by atoms with van der Waals surface area (Å²) in [6.45, 7) is 1.99. The number of ether oxygens (including phenoxy) is 3. The lowest BCUT2D eigenvalue weighted by Crippen LogP contribution is -2.25. The van der Waals surface area contributed by atoms with Crippen molar-refractivity contribution >= 4 is 17.8 Å². The Morgan fingerprint density at radius 1 is 1.12 bits per heavy atom. The molecule has 2 aromatic carbocycles. The maximum absolute atomic E-state index is 13.3. The minimum atomic E-state index is -0.286. The van der Waals surface area contributed by atoms with Gasteiger partial charge >= 0.3 is 0 Å². The van der Waals surface area contributed by atoms with Crippen molar-refractivity contribution < 1.29 is 23.8 Å². The lowest BCUT2D eigenvalue weighted by Gasteiger charge is -2.20. The topological polar surface area (TPSA) is 65.1 Å². The van der Waals surface area contributed by atoms with Crippen LogP contribution in [0.5, 0.6) is 11.5 Å². The van der Waals surface area contributed by atoms with Crippen molar-refractivity contribution in [2.75, 3.05) is 25.9 Å². The summed E-state index contributed by atoms with van der Waals surface area (Å²) < 4.78 is 16.1. The average Bonchev–Trinajstić information content (AvgIpc) is 3.08. The van der Waals surface area contributed by atoms with Gasteiger partial charge in [0.15, 0.2) is 13.0 Å². The molecule has 0 atom stereocenters. The van der Waals surface area contributed by atoms with Crippen molar-refractivity contribution in [3.63, 3.8) is 0 Å². The predicted octanol–water partition coefficient (Wildman–Crippen LogP) is 3.42. The van der Waals surface area contributed by atoms with Crippen LogP contribution in [0.3, 0.4) is 0 Å². The van der Waals surface area contributed by atoms with E-state index in [1.165, 1.54) is 14.2 Å². The quantitative estimate of drug-likeness (QED) is 0.586. The zero-order valence-corrected chi connectivity index (χ0v) is 14.8. The van der Waals surface area contributed by atoms with Gasteiger partial charge in [-0.25, -0.2) is 0 Å². The van der Waals surface area contributed by atoms with Gasteiger partial charge in [-0.3, -0.25) is 9.59 Å². The number of hydrogen-bond donors (Lipinski definition) is 0. The van der Waals surface area contributed by atoms with Crippen LogP contribution in [0.25, 0.3) is 0 Å². The second-order valence-electron chi connectivity index (χ2n) is 5.65. The van der Waals surface area contributed by atoms with E-state index in [0.717, 1.165) is 5.69 Å². The molecule has 0 amide bonds. The molecule has 1 aliphatic heterocycles. The van der Waals surface area contributed by atoms with Crippen LogP contribution >= 0.6 is 0 Å². The van der Waals surface area contributed by atoms with Gasteiger partial charge in [-0.05, 0) is 31.2 Å². The third-order valence-corrected chi connectivity index (χ3v) is 4.24. The SMILES string of the molecule is COc1ccc(C(=O)C2=C(C)OCN2c2ccccc2)c(OC)c1C=O. The number of anilines is 1. The third-order valence-electron chi connectivity index (χ3n) is 4.24. The Kier molecular flexibility index (Phi) is 4.93. The van der Waals surface area contributed by atoms with Crippen LogP contribution in [0, 0.1) is 0 Å². The van der Waals surface area contributed by atoms with E-state index in [1.807, 2.05) is 30.3 Å². The number of carbonyl (C=O) groups excluding carboxylic acids is 2. The molecule has 0 N–H and O–H groups in total. The lowest BCUT2D eigenvalue weighted by atomic mass is 10.0. The summed E-state index contributed by atoms with van der Waals surface area (Å²) in [4.78, 5) is 26.6. The molecule has 26 heavy (non-hydrogen) atoms. The number of allylic oxidation sites excluding steroid dienone is 2. The molecule has 134 valence electrons. The van der Waals surface area contributed by atoms with E-state index in [1.54, 1.807) is 24.0 Å². The molecule has 1 aliphatic rings. The minimum absolute atomic E-state index is 0.185. The highest BCUT2D eigenvalue weighted by molar-refractivity contribution is 6.14. The van der Waals surface area contributed by atoms with E-state index >= 15 is 0 Å². The number of nitrogens with zero attached hydrogens (tertiary/aromatic N) is 1. The van der Waals surface area contributed by atoms with Crippen molar-refractivity contribution in [3.8, 4) is 11.5 Å². The summed E-state index contributed by atoms with van der Waals surface area (Å²) >= 11 is 0. The van der Waals surface area contributed by atoms with Gasteiger partial charge in [-0.2, -0.15) is 0 Å².